The van der Waals surface area contributed by atoms with Crippen LogP contribution < -0.4 is 16.6 Å². The molecule has 0 fully saturated rings. The summed E-state index contributed by atoms with van der Waals surface area (Å²) in [6.45, 7) is 3.81. The van der Waals surface area contributed by atoms with E-state index in [2.05, 4.69) is 5.43 Å². The molecule has 0 unspecified atom stereocenters. The molecule has 64 valence electrons. The van der Waals surface area contributed by atoms with E-state index in [0.717, 1.165) is 0 Å². The van der Waals surface area contributed by atoms with Gasteiger partial charge in [0.15, 0.2) is 0 Å². The topological polar surface area (TPSA) is 84.2 Å². The lowest BCUT2D eigenvalue weighted by atomic mass is 10.1. The van der Waals surface area contributed by atoms with Crippen molar-refractivity contribution in [2.24, 2.45) is 11.7 Å². The molecule has 0 rings (SSSR count). The summed E-state index contributed by atoms with van der Waals surface area (Å²) in [6.07, 6.45) is 0.375. The van der Waals surface area contributed by atoms with E-state index in [1.807, 2.05) is 19.3 Å². The molecule has 5 nitrogen and oxygen atoms in total. The molecule has 0 spiro atoms. The Balaban J connectivity index is 3.45. The van der Waals surface area contributed by atoms with E-state index >= 15 is 0 Å². The van der Waals surface area contributed by atoms with Crippen molar-refractivity contribution in [2.75, 3.05) is 0 Å². The van der Waals surface area contributed by atoms with Crippen LogP contribution in [-0.2, 0) is 4.79 Å². The molecule has 0 bridgehead atoms. The van der Waals surface area contributed by atoms with Crippen LogP contribution in [0.2, 0.25) is 0 Å². The van der Waals surface area contributed by atoms with Crippen LogP contribution in [0, 0.1) is 5.92 Å². The number of nitrogens with two attached hydrogens (primary N) is 1. The van der Waals surface area contributed by atoms with Crippen molar-refractivity contribution in [3.05, 3.63) is 0 Å². The number of rotatable bonds is 2. The van der Waals surface area contributed by atoms with Gasteiger partial charge in [0.25, 0.3) is 0 Å². The fourth-order valence-electron chi connectivity index (χ4n) is 0.553. The van der Waals surface area contributed by atoms with Gasteiger partial charge in [0.05, 0.1) is 0 Å². The minimum atomic E-state index is -0.762. The van der Waals surface area contributed by atoms with E-state index in [0.29, 0.717) is 6.42 Å². The number of urea groups is 1. The van der Waals surface area contributed by atoms with Crippen molar-refractivity contribution in [2.45, 2.75) is 20.3 Å². The van der Waals surface area contributed by atoms with Crippen molar-refractivity contribution in [1.82, 2.24) is 10.9 Å². The summed E-state index contributed by atoms with van der Waals surface area (Å²) < 4.78 is 0. The molecule has 4 N–H and O–H groups in total. The van der Waals surface area contributed by atoms with Crippen LogP contribution in [0.3, 0.4) is 0 Å². The maximum Gasteiger partial charge on any atom is 0.330 e. The van der Waals surface area contributed by atoms with Crippen molar-refractivity contribution >= 4 is 11.9 Å². The summed E-state index contributed by atoms with van der Waals surface area (Å²) >= 11 is 0. The molecule has 0 aliphatic carbocycles. The van der Waals surface area contributed by atoms with Gasteiger partial charge in [0.1, 0.15) is 0 Å². The number of carbonyl (C=O) groups excluding carboxylic acids is 2. The van der Waals surface area contributed by atoms with E-state index in [9.17, 15) is 9.59 Å². The van der Waals surface area contributed by atoms with E-state index in [-0.39, 0.29) is 11.8 Å². The predicted molar refractivity (Wildman–Crippen MR) is 40.3 cm³/mol. The highest BCUT2D eigenvalue weighted by molar-refractivity contribution is 5.80. The first-order valence-corrected chi connectivity index (χ1v) is 3.36. The zero-order chi connectivity index (χ0) is 8.85. The lowest BCUT2D eigenvalue weighted by molar-refractivity contribution is -0.122. The Labute approximate surface area is 65.3 Å². The Kier molecular flexibility index (Phi) is 4.02. The lowest BCUT2D eigenvalue weighted by Crippen LogP contribution is -2.44. The van der Waals surface area contributed by atoms with E-state index in [4.69, 9.17) is 5.73 Å². The van der Waals surface area contributed by atoms with Gasteiger partial charge in [-0.15, -0.1) is 0 Å². The third-order valence-electron chi connectivity index (χ3n) is 0.919. The molecule has 0 aromatic rings. The Morgan fingerprint density at radius 3 is 2.27 bits per heavy atom. The van der Waals surface area contributed by atoms with Gasteiger partial charge in [-0.1, -0.05) is 13.8 Å². The van der Waals surface area contributed by atoms with Crippen molar-refractivity contribution in [1.29, 1.82) is 0 Å². The largest absolute Gasteiger partial charge is 0.350 e. The maximum absolute atomic E-state index is 10.8. The van der Waals surface area contributed by atoms with Gasteiger partial charge in [-0.25, -0.2) is 10.2 Å². The molecule has 0 aromatic heterocycles. The highest BCUT2D eigenvalue weighted by Crippen LogP contribution is 1.96. The van der Waals surface area contributed by atoms with Crippen molar-refractivity contribution in [3.63, 3.8) is 0 Å². The Bertz CT molecular complexity index is 156. The zero-order valence-electron chi connectivity index (χ0n) is 6.68. The van der Waals surface area contributed by atoms with Gasteiger partial charge in [-0.3, -0.25) is 10.2 Å². The number of carbonyl (C=O) groups is 2. The first kappa shape index (κ1) is 9.74. The average molecular weight is 159 g/mol. The third-order valence-corrected chi connectivity index (χ3v) is 0.919. The monoisotopic (exact) mass is 159 g/mol. The van der Waals surface area contributed by atoms with Crippen LogP contribution >= 0.6 is 0 Å². The van der Waals surface area contributed by atoms with Crippen LogP contribution in [0.25, 0.3) is 0 Å². The fraction of sp³-hybridized carbons (Fsp3) is 0.667. The quantitative estimate of drug-likeness (QED) is 0.484. The summed E-state index contributed by atoms with van der Waals surface area (Å²) in [5, 5.41) is 0. The molecular weight excluding hydrogens is 146 g/mol. The van der Waals surface area contributed by atoms with E-state index in [1.54, 1.807) is 0 Å². The predicted octanol–water partition coefficient (Wildman–Crippen LogP) is -0.268. The van der Waals surface area contributed by atoms with Gasteiger partial charge in [-0.05, 0) is 5.92 Å². The minimum Gasteiger partial charge on any atom is -0.350 e. The Hall–Kier alpha value is -1.26. The number of nitrogens with one attached hydrogen (secondary N) is 2. The average Bonchev–Trinajstić information content (AvgIpc) is 1.82. The molecular formula is C6H13N3O2. The Morgan fingerprint density at radius 2 is 1.91 bits per heavy atom. The second kappa shape index (κ2) is 4.54. The van der Waals surface area contributed by atoms with Crippen LogP contribution in [-0.4, -0.2) is 11.9 Å². The van der Waals surface area contributed by atoms with Gasteiger partial charge in [0, 0.05) is 6.42 Å². The van der Waals surface area contributed by atoms with Crippen LogP contribution in [0.1, 0.15) is 20.3 Å². The third kappa shape index (κ3) is 6.63. The highest BCUT2D eigenvalue weighted by atomic mass is 16.2. The smallest absolute Gasteiger partial charge is 0.330 e. The lowest BCUT2D eigenvalue weighted by Gasteiger charge is -2.05. The molecule has 0 atom stereocenters. The molecule has 3 amide bonds. The number of hydrazine groups is 1. The zero-order valence-corrected chi connectivity index (χ0v) is 6.68. The van der Waals surface area contributed by atoms with Gasteiger partial charge >= 0.3 is 6.03 Å². The summed E-state index contributed by atoms with van der Waals surface area (Å²) in [4.78, 5) is 20.9. The molecule has 11 heavy (non-hydrogen) atoms. The first-order chi connectivity index (χ1) is 5.02. The molecule has 0 saturated carbocycles. The highest BCUT2D eigenvalue weighted by Gasteiger charge is 2.03. The molecule has 0 saturated heterocycles. The maximum atomic E-state index is 10.8. The Morgan fingerprint density at radius 1 is 1.36 bits per heavy atom. The number of hydrogen-bond donors (Lipinski definition) is 3. The van der Waals surface area contributed by atoms with Crippen LogP contribution in [0.15, 0.2) is 0 Å². The van der Waals surface area contributed by atoms with Gasteiger partial charge < -0.3 is 5.73 Å². The second-order valence-electron chi connectivity index (χ2n) is 2.64. The summed E-state index contributed by atoms with van der Waals surface area (Å²) in [7, 11) is 0. The molecule has 0 aliphatic rings. The molecule has 0 heterocycles. The summed E-state index contributed by atoms with van der Waals surface area (Å²) in [5.41, 5.74) is 8.85. The van der Waals surface area contributed by atoms with Gasteiger partial charge in [0.2, 0.25) is 5.91 Å². The van der Waals surface area contributed by atoms with Gasteiger partial charge in [-0.2, -0.15) is 0 Å². The first-order valence-electron chi connectivity index (χ1n) is 3.36. The van der Waals surface area contributed by atoms with E-state index < -0.39 is 6.03 Å². The van der Waals surface area contributed by atoms with Crippen molar-refractivity contribution < 1.29 is 9.59 Å². The van der Waals surface area contributed by atoms with E-state index in [1.165, 1.54) is 0 Å². The molecule has 0 aliphatic heterocycles. The second-order valence-corrected chi connectivity index (χ2v) is 2.64. The molecule has 5 heteroatoms. The number of primary amides is 1. The fourth-order valence-corrected chi connectivity index (χ4v) is 0.553. The minimum absolute atomic E-state index is 0.237. The van der Waals surface area contributed by atoms with Crippen LogP contribution in [0.4, 0.5) is 4.79 Å². The summed E-state index contributed by atoms with van der Waals surface area (Å²) in [6, 6.07) is -0.762. The van der Waals surface area contributed by atoms with Crippen molar-refractivity contribution in [3.8, 4) is 0 Å². The molecule has 0 aromatic carbocycles. The van der Waals surface area contributed by atoms with Crippen LogP contribution in [0.5, 0.6) is 0 Å². The normalized spacial score (nSPS) is 9.36. The SMILES string of the molecule is CC(C)CC(=O)NNC(N)=O. The standard InChI is InChI=1S/C6H13N3O2/c1-4(2)3-5(10)8-9-6(7)11/h4H,3H2,1-2H3,(H,8,10)(H3,7,9,11). The number of hydrogen-bond acceptors (Lipinski definition) is 2. The summed E-state index contributed by atoms with van der Waals surface area (Å²) in [5.74, 6) is 0.0310. The molecule has 0 radical (unpaired) electrons. The number of amides is 3.